The van der Waals surface area contributed by atoms with Crippen LogP contribution in [-0.4, -0.2) is 35.7 Å². The first kappa shape index (κ1) is 11.4. The smallest absolute Gasteiger partial charge is 0.410 e. The van der Waals surface area contributed by atoms with Gasteiger partial charge in [0.1, 0.15) is 12.1 Å². The molecule has 5 heteroatoms. The van der Waals surface area contributed by atoms with Crippen LogP contribution in [0.15, 0.2) is 24.3 Å². The quantitative estimate of drug-likeness (QED) is 0.846. The third-order valence-electron chi connectivity index (χ3n) is 3.24. The molecular weight excluding hydrogens is 222 g/mol. The van der Waals surface area contributed by atoms with Gasteiger partial charge >= 0.3 is 12.1 Å². The first-order chi connectivity index (χ1) is 7.95. The van der Waals surface area contributed by atoms with Crippen molar-refractivity contribution in [1.82, 2.24) is 4.90 Å². The second-order valence-electron chi connectivity index (χ2n) is 4.27. The number of amides is 1. The van der Waals surface area contributed by atoms with E-state index in [2.05, 4.69) is 0 Å². The Bertz CT molecular complexity index is 468. The van der Waals surface area contributed by atoms with Gasteiger partial charge in [-0.3, -0.25) is 4.90 Å². The topological polar surface area (TPSA) is 66.8 Å². The molecule has 1 saturated heterocycles. The number of aromatic carboxylic acids is 1. The Morgan fingerprint density at radius 2 is 2.00 bits per heavy atom. The van der Waals surface area contributed by atoms with E-state index in [-0.39, 0.29) is 18.3 Å². The fourth-order valence-electron chi connectivity index (χ4n) is 1.85. The van der Waals surface area contributed by atoms with Crippen molar-refractivity contribution in [3.8, 4) is 0 Å². The van der Waals surface area contributed by atoms with E-state index in [4.69, 9.17) is 9.84 Å². The van der Waals surface area contributed by atoms with Gasteiger partial charge in [0.15, 0.2) is 0 Å². The van der Waals surface area contributed by atoms with Crippen LogP contribution in [0.1, 0.15) is 22.8 Å². The first-order valence-electron chi connectivity index (χ1n) is 5.19. The second kappa shape index (κ2) is 3.76. The van der Waals surface area contributed by atoms with E-state index >= 15 is 0 Å². The zero-order valence-electron chi connectivity index (χ0n) is 9.64. The highest BCUT2D eigenvalue weighted by Crippen LogP contribution is 2.32. The van der Waals surface area contributed by atoms with Gasteiger partial charge in [0.25, 0.3) is 0 Å². The summed E-state index contributed by atoms with van der Waals surface area (Å²) >= 11 is 0. The number of likely N-dealkylation sites (N-methyl/N-ethyl adjacent to an activating group) is 1. The van der Waals surface area contributed by atoms with Crippen LogP contribution < -0.4 is 0 Å². The molecule has 17 heavy (non-hydrogen) atoms. The lowest BCUT2D eigenvalue weighted by atomic mass is 9.91. The molecule has 1 atom stereocenters. The fraction of sp³-hybridized carbons (Fsp3) is 0.333. The van der Waals surface area contributed by atoms with Crippen molar-refractivity contribution in [2.24, 2.45) is 0 Å². The van der Waals surface area contributed by atoms with Crippen molar-refractivity contribution in [1.29, 1.82) is 0 Å². The average Bonchev–Trinajstić information content (AvgIpc) is 2.59. The van der Waals surface area contributed by atoms with Crippen molar-refractivity contribution >= 4 is 12.1 Å². The Balaban J connectivity index is 2.34. The highest BCUT2D eigenvalue weighted by molar-refractivity contribution is 5.87. The van der Waals surface area contributed by atoms with Crippen LogP contribution >= 0.6 is 0 Å². The van der Waals surface area contributed by atoms with Gasteiger partial charge in [-0.2, -0.15) is 0 Å². The van der Waals surface area contributed by atoms with Gasteiger partial charge in [0, 0.05) is 7.05 Å². The maximum atomic E-state index is 11.3. The molecule has 0 spiro atoms. The van der Waals surface area contributed by atoms with E-state index in [1.54, 1.807) is 19.2 Å². The molecule has 0 bridgehead atoms. The van der Waals surface area contributed by atoms with Gasteiger partial charge in [-0.1, -0.05) is 12.1 Å². The van der Waals surface area contributed by atoms with Crippen LogP contribution in [0.25, 0.3) is 0 Å². The number of carbonyl (C=O) groups is 2. The summed E-state index contributed by atoms with van der Waals surface area (Å²) in [6.45, 7) is 2.16. The zero-order valence-corrected chi connectivity index (χ0v) is 9.64. The van der Waals surface area contributed by atoms with Crippen LogP contribution in [0, 0.1) is 0 Å². The molecular formula is C12H13NO4. The number of carboxylic acids is 1. The van der Waals surface area contributed by atoms with E-state index in [0.717, 1.165) is 5.56 Å². The third-order valence-corrected chi connectivity index (χ3v) is 3.24. The molecule has 1 amide bonds. The van der Waals surface area contributed by atoms with Gasteiger partial charge in [-0.05, 0) is 24.6 Å². The molecule has 0 saturated carbocycles. The van der Waals surface area contributed by atoms with Crippen LogP contribution in [0.5, 0.6) is 0 Å². The SMILES string of the molecule is CN1C(=O)OCC1(C)c1ccc(C(=O)O)cc1. The number of benzene rings is 1. The monoisotopic (exact) mass is 235 g/mol. The third kappa shape index (κ3) is 1.73. The normalized spacial score (nSPS) is 23.6. The molecule has 1 aromatic rings. The highest BCUT2D eigenvalue weighted by Gasteiger charge is 2.42. The van der Waals surface area contributed by atoms with E-state index < -0.39 is 11.5 Å². The molecule has 1 aliphatic heterocycles. The van der Waals surface area contributed by atoms with Gasteiger partial charge in [-0.15, -0.1) is 0 Å². The largest absolute Gasteiger partial charge is 0.478 e. The Morgan fingerprint density at radius 3 is 2.41 bits per heavy atom. The van der Waals surface area contributed by atoms with Crippen LogP contribution in [0.3, 0.4) is 0 Å². The number of carbonyl (C=O) groups excluding carboxylic acids is 1. The van der Waals surface area contributed by atoms with E-state index in [1.807, 2.05) is 6.92 Å². The Morgan fingerprint density at radius 1 is 1.41 bits per heavy atom. The number of carboxylic acid groups (broad SMARTS) is 1. The molecule has 0 radical (unpaired) electrons. The van der Waals surface area contributed by atoms with Gasteiger partial charge < -0.3 is 9.84 Å². The molecule has 1 aliphatic rings. The number of hydrogen-bond acceptors (Lipinski definition) is 3. The van der Waals surface area contributed by atoms with Crippen molar-refractivity contribution in [2.75, 3.05) is 13.7 Å². The van der Waals surface area contributed by atoms with Gasteiger partial charge in [0.2, 0.25) is 0 Å². The molecule has 1 unspecified atom stereocenters. The summed E-state index contributed by atoms with van der Waals surface area (Å²) in [5.41, 5.74) is 0.551. The lowest BCUT2D eigenvalue weighted by molar-refractivity contribution is 0.0696. The molecule has 0 aliphatic carbocycles. The van der Waals surface area contributed by atoms with E-state index in [1.165, 1.54) is 17.0 Å². The summed E-state index contributed by atoms with van der Waals surface area (Å²) in [6.07, 6.45) is -0.366. The Kier molecular flexibility index (Phi) is 2.53. The fourth-order valence-corrected chi connectivity index (χ4v) is 1.85. The number of nitrogens with zero attached hydrogens (tertiary/aromatic N) is 1. The molecule has 90 valence electrons. The Labute approximate surface area is 98.6 Å². The summed E-state index contributed by atoms with van der Waals surface area (Å²) in [4.78, 5) is 23.6. The number of ether oxygens (including phenoxy) is 1. The lowest BCUT2D eigenvalue weighted by Crippen LogP contribution is -2.39. The van der Waals surface area contributed by atoms with Crippen molar-refractivity contribution in [2.45, 2.75) is 12.5 Å². The molecule has 1 fully saturated rings. The number of hydrogen-bond donors (Lipinski definition) is 1. The van der Waals surface area contributed by atoms with E-state index in [0.29, 0.717) is 0 Å². The number of rotatable bonds is 2. The molecule has 1 heterocycles. The molecule has 1 aromatic carbocycles. The summed E-state index contributed by atoms with van der Waals surface area (Å²) < 4.78 is 4.98. The minimum atomic E-state index is -0.964. The van der Waals surface area contributed by atoms with Crippen LogP contribution in [-0.2, 0) is 10.3 Å². The maximum absolute atomic E-state index is 11.3. The van der Waals surface area contributed by atoms with Crippen molar-refractivity contribution in [3.05, 3.63) is 35.4 Å². The summed E-state index contributed by atoms with van der Waals surface area (Å²) in [7, 11) is 1.67. The summed E-state index contributed by atoms with van der Waals surface area (Å²) in [5.74, 6) is -0.964. The molecule has 1 N–H and O–H groups in total. The predicted molar refractivity (Wildman–Crippen MR) is 59.9 cm³/mol. The van der Waals surface area contributed by atoms with E-state index in [9.17, 15) is 9.59 Å². The lowest BCUT2D eigenvalue weighted by Gasteiger charge is -2.29. The second-order valence-corrected chi connectivity index (χ2v) is 4.27. The van der Waals surface area contributed by atoms with Crippen LogP contribution in [0.4, 0.5) is 4.79 Å². The highest BCUT2D eigenvalue weighted by atomic mass is 16.6. The van der Waals surface area contributed by atoms with Crippen molar-refractivity contribution < 1.29 is 19.4 Å². The average molecular weight is 235 g/mol. The first-order valence-corrected chi connectivity index (χ1v) is 5.19. The summed E-state index contributed by atoms with van der Waals surface area (Å²) in [6, 6.07) is 6.48. The predicted octanol–water partition coefficient (Wildman–Crippen LogP) is 1.68. The van der Waals surface area contributed by atoms with Gasteiger partial charge in [0.05, 0.1) is 5.56 Å². The standard InChI is InChI=1S/C12H13NO4/c1-12(7-17-11(16)13(12)2)9-5-3-8(4-6-9)10(14)15/h3-6H,7H2,1-2H3,(H,14,15). The Hall–Kier alpha value is -2.04. The minimum Gasteiger partial charge on any atom is -0.478 e. The zero-order chi connectivity index (χ0) is 12.6. The van der Waals surface area contributed by atoms with Crippen LogP contribution in [0.2, 0.25) is 0 Å². The summed E-state index contributed by atoms with van der Waals surface area (Å²) in [5, 5.41) is 8.81. The molecule has 0 aromatic heterocycles. The molecule has 2 rings (SSSR count). The van der Waals surface area contributed by atoms with Crippen molar-refractivity contribution in [3.63, 3.8) is 0 Å². The number of cyclic esters (lactones) is 1. The van der Waals surface area contributed by atoms with Gasteiger partial charge in [-0.25, -0.2) is 9.59 Å². The maximum Gasteiger partial charge on any atom is 0.410 e. The molecule has 5 nitrogen and oxygen atoms in total. The minimum absolute atomic E-state index is 0.227.